The third-order valence-electron chi connectivity index (χ3n) is 3.30. The van der Waals surface area contributed by atoms with Crippen LogP contribution in [0.25, 0.3) is 0 Å². The summed E-state index contributed by atoms with van der Waals surface area (Å²) in [6.45, 7) is 9.18. The normalized spacial score (nSPS) is 24.3. The standard InChI is InChI=1S/C13H27N3O2/c1-10-5-4-6-16(7-10)8-11(2)14-13(18)15-12(3)9-17/h10-12,17H,4-9H2,1-3H3,(H2,14,15,18). The zero-order valence-electron chi connectivity index (χ0n) is 11.8. The van der Waals surface area contributed by atoms with Crippen LogP contribution in [-0.2, 0) is 0 Å². The lowest BCUT2D eigenvalue weighted by Gasteiger charge is -2.32. The predicted molar refractivity (Wildman–Crippen MR) is 72.5 cm³/mol. The number of nitrogens with zero attached hydrogens (tertiary/aromatic N) is 1. The van der Waals surface area contributed by atoms with Crippen LogP contribution < -0.4 is 10.6 Å². The van der Waals surface area contributed by atoms with Crippen LogP contribution in [-0.4, -0.2) is 54.4 Å². The molecule has 1 saturated heterocycles. The summed E-state index contributed by atoms with van der Waals surface area (Å²) in [5.74, 6) is 0.759. The summed E-state index contributed by atoms with van der Waals surface area (Å²) in [5, 5.41) is 14.4. The molecule has 3 unspecified atom stereocenters. The van der Waals surface area contributed by atoms with Crippen LogP contribution in [0.2, 0.25) is 0 Å². The number of likely N-dealkylation sites (tertiary alicyclic amines) is 1. The topological polar surface area (TPSA) is 64.6 Å². The van der Waals surface area contributed by atoms with Gasteiger partial charge in [-0.1, -0.05) is 6.92 Å². The number of aliphatic hydroxyl groups is 1. The predicted octanol–water partition coefficient (Wildman–Crippen LogP) is 0.787. The van der Waals surface area contributed by atoms with Crippen molar-refractivity contribution in [3.05, 3.63) is 0 Å². The number of urea groups is 1. The van der Waals surface area contributed by atoms with Crippen molar-refractivity contribution in [2.45, 2.75) is 45.7 Å². The number of carbonyl (C=O) groups excluding carboxylic acids is 1. The lowest BCUT2D eigenvalue weighted by atomic mass is 10.00. The summed E-state index contributed by atoms with van der Waals surface area (Å²) in [6, 6.07) is -0.275. The highest BCUT2D eigenvalue weighted by Gasteiger charge is 2.19. The second kappa shape index (κ2) is 7.59. The highest BCUT2D eigenvalue weighted by Crippen LogP contribution is 2.15. The molecule has 3 N–H and O–H groups in total. The first kappa shape index (κ1) is 15.2. The van der Waals surface area contributed by atoms with Gasteiger partial charge in [-0.3, -0.25) is 0 Å². The van der Waals surface area contributed by atoms with Crippen molar-refractivity contribution in [1.82, 2.24) is 15.5 Å². The minimum atomic E-state index is -0.202. The Hall–Kier alpha value is -0.810. The smallest absolute Gasteiger partial charge is 0.315 e. The van der Waals surface area contributed by atoms with E-state index in [2.05, 4.69) is 22.5 Å². The number of amides is 2. The van der Waals surface area contributed by atoms with E-state index in [0.29, 0.717) is 0 Å². The maximum Gasteiger partial charge on any atom is 0.315 e. The largest absolute Gasteiger partial charge is 0.394 e. The first-order valence-electron chi connectivity index (χ1n) is 6.91. The molecule has 1 aliphatic heterocycles. The van der Waals surface area contributed by atoms with Crippen LogP contribution in [0.5, 0.6) is 0 Å². The van der Waals surface area contributed by atoms with E-state index in [9.17, 15) is 4.79 Å². The number of nitrogens with one attached hydrogen (secondary N) is 2. The Morgan fingerprint density at radius 2 is 2.06 bits per heavy atom. The molecule has 0 aromatic heterocycles. The van der Waals surface area contributed by atoms with Crippen LogP contribution in [0, 0.1) is 5.92 Å². The van der Waals surface area contributed by atoms with E-state index < -0.39 is 0 Å². The molecule has 2 amide bonds. The molecule has 0 aromatic carbocycles. The summed E-state index contributed by atoms with van der Waals surface area (Å²) in [7, 11) is 0. The van der Waals surface area contributed by atoms with Gasteiger partial charge in [0.25, 0.3) is 0 Å². The van der Waals surface area contributed by atoms with Gasteiger partial charge in [0.05, 0.1) is 12.6 Å². The Labute approximate surface area is 110 Å². The van der Waals surface area contributed by atoms with Crippen molar-refractivity contribution < 1.29 is 9.90 Å². The van der Waals surface area contributed by atoms with Crippen LogP contribution in [0.1, 0.15) is 33.6 Å². The SMILES string of the molecule is CC1CCCN(CC(C)NC(=O)NC(C)CO)C1. The maximum atomic E-state index is 11.6. The molecule has 0 bridgehead atoms. The van der Waals surface area contributed by atoms with Gasteiger partial charge in [-0.15, -0.1) is 0 Å². The molecule has 1 heterocycles. The third kappa shape index (κ3) is 5.69. The second-order valence-corrected chi connectivity index (χ2v) is 5.61. The van der Waals surface area contributed by atoms with Crippen LogP contribution in [0.3, 0.4) is 0 Å². The summed E-state index contributed by atoms with van der Waals surface area (Å²) in [4.78, 5) is 14.0. The lowest BCUT2D eigenvalue weighted by Crippen LogP contribution is -2.50. The van der Waals surface area contributed by atoms with Gasteiger partial charge >= 0.3 is 6.03 Å². The number of carbonyl (C=O) groups is 1. The minimum absolute atomic E-state index is 0.0363. The van der Waals surface area contributed by atoms with Crippen LogP contribution in [0.4, 0.5) is 4.79 Å². The molecule has 0 saturated carbocycles. The number of aliphatic hydroxyl groups excluding tert-OH is 1. The summed E-state index contributed by atoms with van der Waals surface area (Å²) in [6.07, 6.45) is 2.56. The lowest BCUT2D eigenvalue weighted by molar-refractivity contribution is 0.168. The van der Waals surface area contributed by atoms with E-state index >= 15 is 0 Å². The Kier molecular flexibility index (Phi) is 6.43. The number of piperidine rings is 1. The Bertz CT molecular complexity index is 261. The zero-order valence-corrected chi connectivity index (χ0v) is 11.8. The first-order chi connectivity index (χ1) is 8.51. The molecule has 18 heavy (non-hydrogen) atoms. The molecule has 1 aliphatic rings. The van der Waals surface area contributed by atoms with E-state index in [1.807, 2.05) is 6.92 Å². The zero-order chi connectivity index (χ0) is 13.5. The fourth-order valence-electron chi connectivity index (χ4n) is 2.42. The van der Waals surface area contributed by atoms with E-state index in [-0.39, 0.29) is 24.7 Å². The van der Waals surface area contributed by atoms with Gasteiger partial charge in [0.1, 0.15) is 0 Å². The number of hydrogen-bond donors (Lipinski definition) is 3. The van der Waals surface area contributed by atoms with Crippen molar-refractivity contribution in [2.75, 3.05) is 26.2 Å². The van der Waals surface area contributed by atoms with Crippen LogP contribution in [0.15, 0.2) is 0 Å². The van der Waals surface area contributed by atoms with Crippen molar-refractivity contribution in [3.63, 3.8) is 0 Å². The molecular weight excluding hydrogens is 230 g/mol. The molecular formula is C13H27N3O2. The van der Waals surface area contributed by atoms with E-state index in [4.69, 9.17) is 5.11 Å². The monoisotopic (exact) mass is 257 g/mol. The molecule has 0 aromatic rings. The summed E-state index contributed by atoms with van der Waals surface area (Å²) in [5.41, 5.74) is 0. The van der Waals surface area contributed by atoms with Gasteiger partial charge in [-0.05, 0) is 39.2 Å². The average molecular weight is 257 g/mol. The van der Waals surface area contributed by atoms with Gasteiger partial charge < -0.3 is 20.6 Å². The Morgan fingerprint density at radius 3 is 2.67 bits per heavy atom. The molecule has 5 heteroatoms. The van der Waals surface area contributed by atoms with Crippen molar-refractivity contribution in [3.8, 4) is 0 Å². The van der Waals surface area contributed by atoms with Gasteiger partial charge in [-0.25, -0.2) is 4.79 Å². The van der Waals surface area contributed by atoms with E-state index in [1.165, 1.54) is 12.8 Å². The average Bonchev–Trinajstić information content (AvgIpc) is 2.28. The fourth-order valence-corrected chi connectivity index (χ4v) is 2.42. The van der Waals surface area contributed by atoms with Gasteiger partial charge in [0.2, 0.25) is 0 Å². The molecule has 3 atom stereocenters. The molecule has 0 aliphatic carbocycles. The Balaban J connectivity index is 2.23. The highest BCUT2D eigenvalue weighted by molar-refractivity contribution is 5.74. The van der Waals surface area contributed by atoms with Crippen molar-refractivity contribution in [1.29, 1.82) is 0 Å². The summed E-state index contributed by atoms with van der Waals surface area (Å²) < 4.78 is 0. The summed E-state index contributed by atoms with van der Waals surface area (Å²) >= 11 is 0. The molecule has 0 spiro atoms. The van der Waals surface area contributed by atoms with Gasteiger partial charge in [-0.2, -0.15) is 0 Å². The van der Waals surface area contributed by atoms with Gasteiger partial charge in [0.15, 0.2) is 0 Å². The number of hydrogen-bond acceptors (Lipinski definition) is 3. The molecule has 1 fully saturated rings. The Morgan fingerprint density at radius 1 is 1.39 bits per heavy atom. The van der Waals surface area contributed by atoms with Crippen molar-refractivity contribution >= 4 is 6.03 Å². The molecule has 5 nitrogen and oxygen atoms in total. The molecule has 106 valence electrons. The van der Waals surface area contributed by atoms with E-state index in [1.54, 1.807) is 6.92 Å². The maximum absolute atomic E-state index is 11.6. The fraction of sp³-hybridized carbons (Fsp3) is 0.923. The van der Waals surface area contributed by atoms with E-state index in [0.717, 1.165) is 25.6 Å². The quantitative estimate of drug-likeness (QED) is 0.682. The van der Waals surface area contributed by atoms with Crippen molar-refractivity contribution in [2.24, 2.45) is 5.92 Å². The highest BCUT2D eigenvalue weighted by atomic mass is 16.3. The minimum Gasteiger partial charge on any atom is -0.394 e. The third-order valence-corrected chi connectivity index (χ3v) is 3.30. The van der Waals surface area contributed by atoms with Gasteiger partial charge in [0, 0.05) is 19.1 Å². The number of rotatable bonds is 5. The van der Waals surface area contributed by atoms with Crippen LogP contribution >= 0.6 is 0 Å². The second-order valence-electron chi connectivity index (χ2n) is 5.61. The molecule has 1 rings (SSSR count). The first-order valence-corrected chi connectivity index (χ1v) is 6.91. The molecule has 0 radical (unpaired) electrons.